The van der Waals surface area contributed by atoms with Crippen LogP contribution in [0, 0.1) is 0 Å². The standard InChI is InChI=1S/C11H14N2O/c1-12-8-10-7-11(13-14-10)9-5-3-2-4-6-9/h2-6,10,12H,7-8H2,1H3/t10-/m0/s1. The van der Waals surface area contributed by atoms with Gasteiger partial charge in [0.25, 0.3) is 0 Å². The fourth-order valence-electron chi connectivity index (χ4n) is 1.57. The summed E-state index contributed by atoms with van der Waals surface area (Å²) in [6, 6.07) is 10.2. The molecule has 3 heteroatoms. The number of oxime groups is 1. The van der Waals surface area contributed by atoms with Gasteiger partial charge in [-0.1, -0.05) is 35.5 Å². The Morgan fingerprint density at radius 3 is 2.93 bits per heavy atom. The second-order valence-electron chi connectivity index (χ2n) is 3.39. The second-order valence-corrected chi connectivity index (χ2v) is 3.39. The monoisotopic (exact) mass is 190 g/mol. The van der Waals surface area contributed by atoms with E-state index < -0.39 is 0 Å². The van der Waals surface area contributed by atoms with Gasteiger partial charge in [-0.15, -0.1) is 0 Å². The molecule has 2 rings (SSSR count). The predicted molar refractivity (Wildman–Crippen MR) is 56.4 cm³/mol. The lowest BCUT2D eigenvalue weighted by Crippen LogP contribution is -2.23. The number of nitrogens with one attached hydrogen (secondary N) is 1. The van der Waals surface area contributed by atoms with Crippen molar-refractivity contribution in [1.82, 2.24) is 5.32 Å². The zero-order valence-electron chi connectivity index (χ0n) is 8.23. The van der Waals surface area contributed by atoms with Crippen LogP contribution >= 0.6 is 0 Å². The largest absolute Gasteiger partial charge is 0.390 e. The van der Waals surface area contributed by atoms with Crippen LogP contribution in [-0.2, 0) is 4.84 Å². The van der Waals surface area contributed by atoms with Gasteiger partial charge in [-0.2, -0.15) is 0 Å². The first-order valence-electron chi connectivity index (χ1n) is 4.83. The lowest BCUT2D eigenvalue weighted by molar-refractivity contribution is 0.0866. The number of hydrogen-bond acceptors (Lipinski definition) is 3. The molecule has 74 valence electrons. The van der Waals surface area contributed by atoms with Crippen LogP contribution in [0.15, 0.2) is 35.5 Å². The van der Waals surface area contributed by atoms with Crippen LogP contribution in [-0.4, -0.2) is 25.4 Å². The Morgan fingerprint density at radius 1 is 1.43 bits per heavy atom. The Balaban J connectivity index is 2.02. The van der Waals surface area contributed by atoms with E-state index in [1.807, 2.05) is 25.2 Å². The first-order chi connectivity index (χ1) is 6.90. The summed E-state index contributed by atoms with van der Waals surface area (Å²) in [6.07, 6.45) is 1.08. The molecule has 1 aromatic carbocycles. The highest BCUT2D eigenvalue weighted by atomic mass is 16.6. The highest BCUT2D eigenvalue weighted by molar-refractivity contribution is 6.01. The van der Waals surface area contributed by atoms with E-state index in [1.54, 1.807) is 0 Å². The van der Waals surface area contributed by atoms with Crippen molar-refractivity contribution < 1.29 is 4.84 Å². The van der Waals surface area contributed by atoms with Crippen LogP contribution in [0.25, 0.3) is 0 Å². The van der Waals surface area contributed by atoms with Gasteiger partial charge in [-0.25, -0.2) is 0 Å². The van der Waals surface area contributed by atoms with Crippen LogP contribution in [0.4, 0.5) is 0 Å². The van der Waals surface area contributed by atoms with Gasteiger partial charge in [0.05, 0.1) is 5.71 Å². The number of likely N-dealkylation sites (N-methyl/N-ethyl adjacent to an activating group) is 1. The predicted octanol–water partition coefficient (Wildman–Crippen LogP) is 1.40. The minimum Gasteiger partial charge on any atom is -0.390 e. The summed E-state index contributed by atoms with van der Waals surface area (Å²) in [5.74, 6) is 0. The molecule has 1 atom stereocenters. The third-order valence-corrected chi connectivity index (χ3v) is 2.27. The summed E-state index contributed by atoms with van der Waals surface area (Å²) in [4.78, 5) is 5.29. The Labute approximate surface area is 83.8 Å². The third kappa shape index (κ3) is 1.93. The van der Waals surface area contributed by atoms with Gasteiger partial charge in [-0.3, -0.25) is 0 Å². The number of nitrogens with zero attached hydrogens (tertiary/aromatic N) is 1. The molecule has 14 heavy (non-hydrogen) atoms. The van der Waals surface area contributed by atoms with E-state index in [0.717, 1.165) is 24.2 Å². The SMILES string of the molecule is CNC[C@@H]1CC(c2ccccc2)=NO1. The van der Waals surface area contributed by atoms with Gasteiger partial charge in [0.15, 0.2) is 0 Å². The molecule has 1 N–H and O–H groups in total. The zero-order valence-corrected chi connectivity index (χ0v) is 8.23. The van der Waals surface area contributed by atoms with Crippen molar-refractivity contribution in [2.45, 2.75) is 12.5 Å². The van der Waals surface area contributed by atoms with Crippen molar-refractivity contribution in [3.05, 3.63) is 35.9 Å². The quantitative estimate of drug-likeness (QED) is 0.781. The molecule has 0 fully saturated rings. The highest BCUT2D eigenvalue weighted by Crippen LogP contribution is 2.15. The van der Waals surface area contributed by atoms with Crippen molar-refractivity contribution in [3.8, 4) is 0 Å². The topological polar surface area (TPSA) is 33.6 Å². The van der Waals surface area contributed by atoms with Crippen LogP contribution in [0.1, 0.15) is 12.0 Å². The third-order valence-electron chi connectivity index (χ3n) is 2.27. The maximum absolute atomic E-state index is 5.29. The molecular weight excluding hydrogens is 176 g/mol. The van der Waals surface area contributed by atoms with Crippen LogP contribution in [0.3, 0.4) is 0 Å². The summed E-state index contributed by atoms with van der Waals surface area (Å²) in [7, 11) is 1.92. The smallest absolute Gasteiger partial charge is 0.145 e. The van der Waals surface area contributed by atoms with E-state index >= 15 is 0 Å². The minimum atomic E-state index is 0.190. The molecule has 0 bridgehead atoms. The molecule has 0 amide bonds. The summed E-state index contributed by atoms with van der Waals surface area (Å²) in [6.45, 7) is 0.847. The molecule has 0 radical (unpaired) electrons. The molecular formula is C11H14N2O. The van der Waals surface area contributed by atoms with Gasteiger partial charge in [0, 0.05) is 13.0 Å². The number of hydrogen-bond donors (Lipinski definition) is 1. The second kappa shape index (κ2) is 4.24. The fraction of sp³-hybridized carbons (Fsp3) is 0.364. The van der Waals surface area contributed by atoms with Gasteiger partial charge in [0.2, 0.25) is 0 Å². The van der Waals surface area contributed by atoms with Gasteiger partial charge >= 0.3 is 0 Å². The van der Waals surface area contributed by atoms with Gasteiger partial charge in [-0.05, 0) is 12.6 Å². The summed E-state index contributed by atoms with van der Waals surface area (Å²) in [5, 5.41) is 7.17. The zero-order chi connectivity index (χ0) is 9.80. The van der Waals surface area contributed by atoms with Crippen molar-refractivity contribution in [2.24, 2.45) is 5.16 Å². The molecule has 0 saturated carbocycles. The van der Waals surface area contributed by atoms with E-state index in [1.165, 1.54) is 0 Å². The fourth-order valence-corrected chi connectivity index (χ4v) is 1.57. The molecule has 0 aliphatic carbocycles. The van der Waals surface area contributed by atoms with Gasteiger partial charge < -0.3 is 10.2 Å². The van der Waals surface area contributed by atoms with Crippen molar-refractivity contribution in [1.29, 1.82) is 0 Å². The van der Waals surface area contributed by atoms with Crippen molar-refractivity contribution in [3.63, 3.8) is 0 Å². The summed E-state index contributed by atoms with van der Waals surface area (Å²) < 4.78 is 0. The van der Waals surface area contributed by atoms with Crippen molar-refractivity contribution in [2.75, 3.05) is 13.6 Å². The molecule has 1 aliphatic rings. The Morgan fingerprint density at radius 2 is 2.21 bits per heavy atom. The molecule has 0 spiro atoms. The number of rotatable bonds is 3. The first-order valence-corrected chi connectivity index (χ1v) is 4.83. The van der Waals surface area contributed by atoms with E-state index in [0.29, 0.717) is 0 Å². The average Bonchev–Trinajstić information content (AvgIpc) is 2.68. The Kier molecular flexibility index (Phi) is 2.79. The molecule has 0 aromatic heterocycles. The average molecular weight is 190 g/mol. The van der Waals surface area contributed by atoms with E-state index in [-0.39, 0.29) is 6.10 Å². The van der Waals surface area contributed by atoms with Crippen LogP contribution in [0.2, 0.25) is 0 Å². The maximum atomic E-state index is 5.29. The van der Waals surface area contributed by atoms with Crippen LogP contribution in [0.5, 0.6) is 0 Å². The minimum absolute atomic E-state index is 0.190. The van der Waals surface area contributed by atoms with E-state index in [9.17, 15) is 0 Å². The lowest BCUT2D eigenvalue weighted by Gasteiger charge is -2.05. The molecule has 1 aromatic rings. The number of benzene rings is 1. The first kappa shape index (κ1) is 9.21. The maximum Gasteiger partial charge on any atom is 0.145 e. The Bertz CT molecular complexity index is 321. The van der Waals surface area contributed by atoms with E-state index in [2.05, 4.69) is 22.6 Å². The molecule has 0 saturated heterocycles. The molecule has 1 aliphatic heterocycles. The molecule has 1 heterocycles. The lowest BCUT2D eigenvalue weighted by atomic mass is 10.1. The molecule has 0 unspecified atom stereocenters. The normalized spacial score (nSPS) is 20.4. The van der Waals surface area contributed by atoms with E-state index in [4.69, 9.17) is 4.84 Å². The summed E-state index contributed by atoms with van der Waals surface area (Å²) >= 11 is 0. The van der Waals surface area contributed by atoms with Gasteiger partial charge in [0.1, 0.15) is 6.10 Å². The molecule has 3 nitrogen and oxygen atoms in total. The highest BCUT2D eigenvalue weighted by Gasteiger charge is 2.20. The Hall–Kier alpha value is -1.35. The van der Waals surface area contributed by atoms with Crippen molar-refractivity contribution >= 4 is 5.71 Å². The van der Waals surface area contributed by atoms with Crippen LogP contribution < -0.4 is 5.32 Å². The summed E-state index contributed by atoms with van der Waals surface area (Å²) in [5.41, 5.74) is 2.21.